The van der Waals surface area contributed by atoms with Gasteiger partial charge in [-0.3, -0.25) is 4.79 Å². The van der Waals surface area contributed by atoms with Crippen molar-refractivity contribution in [2.45, 2.75) is 38.8 Å². The standard InChI is InChI=1S/C16H21FN2O/c1-10-5-6-11(7-14(10)17)8-19-16(20)15-13-4-2-3-12(13)9-18-15/h5-7,12-13,15,18H,2-4,8-9H2,1H3,(H,19,20). The smallest absolute Gasteiger partial charge is 0.237 e. The minimum Gasteiger partial charge on any atom is -0.351 e. The number of carbonyl (C=O) groups is 1. The second-order valence-electron chi connectivity index (χ2n) is 6.04. The number of halogens is 1. The van der Waals surface area contributed by atoms with Gasteiger partial charge in [-0.2, -0.15) is 0 Å². The van der Waals surface area contributed by atoms with E-state index in [4.69, 9.17) is 0 Å². The van der Waals surface area contributed by atoms with Crippen molar-refractivity contribution >= 4 is 5.91 Å². The largest absolute Gasteiger partial charge is 0.351 e. The minimum absolute atomic E-state index is 0.0559. The van der Waals surface area contributed by atoms with E-state index in [1.54, 1.807) is 13.0 Å². The molecule has 3 atom stereocenters. The number of rotatable bonds is 3. The molecule has 1 aromatic rings. The van der Waals surface area contributed by atoms with Crippen LogP contribution in [-0.4, -0.2) is 18.5 Å². The fourth-order valence-corrected chi connectivity index (χ4v) is 3.52. The van der Waals surface area contributed by atoms with Gasteiger partial charge in [0.15, 0.2) is 0 Å². The van der Waals surface area contributed by atoms with Crippen LogP contribution in [0.5, 0.6) is 0 Å². The molecule has 4 heteroatoms. The maximum absolute atomic E-state index is 13.5. The van der Waals surface area contributed by atoms with Crippen LogP contribution in [0, 0.1) is 24.6 Å². The Labute approximate surface area is 118 Å². The van der Waals surface area contributed by atoms with E-state index in [0.29, 0.717) is 23.9 Å². The number of aryl methyl sites for hydroxylation is 1. The summed E-state index contributed by atoms with van der Waals surface area (Å²) in [5.74, 6) is 0.999. The van der Waals surface area contributed by atoms with Gasteiger partial charge in [-0.1, -0.05) is 18.6 Å². The molecule has 1 aliphatic carbocycles. The Bertz CT molecular complexity index is 517. The lowest BCUT2D eigenvalue weighted by atomic mass is 9.93. The average molecular weight is 276 g/mol. The first-order chi connectivity index (χ1) is 9.65. The highest BCUT2D eigenvalue weighted by atomic mass is 19.1. The van der Waals surface area contributed by atoms with Crippen molar-refractivity contribution in [2.24, 2.45) is 11.8 Å². The molecule has 3 nitrogen and oxygen atoms in total. The van der Waals surface area contributed by atoms with Gasteiger partial charge in [-0.05, 0) is 55.3 Å². The van der Waals surface area contributed by atoms with E-state index < -0.39 is 0 Å². The first-order valence-electron chi connectivity index (χ1n) is 7.41. The van der Waals surface area contributed by atoms with Gasteiger partial charge in [0, 0.05) is 6.54 Å². The van der Waals surface area contributed by atoms with Crippen LogP contribution in [-0.2, 0) is 11.3 Å². The van der Waals surface area contributed by atoms with Crippen molar-refractivity contribution in [3.63, 3.8) is 0 Å². The Hall–Kier alpha value is -1.42. The van der Waals surface area contributed by atoms with E-state index in [2.05, 4.69) is 10.6 Å². The molecule has 0 aromatic heterocycles. The topological polar surface area (TPSA) is 41.1 Å². The van der Waals surface area contributed by atoms with Crippen LogP contribution >= 0.6 is 0 Å². The number of benzene rings is 1. The summed E-state index contributed by atoms with van der Waals surface area (Å²) in [7, 11) is 0. The van der Waals surface area contributed by atoms with Gasteiger partial charge >= 0.3 is 0 Å². The minimum atomic E-state index is -0.216. The first-order valence-corrected chi connectivity index (χ1v) is 7.41. The van der Waals surface area contributed by atoms with Gasteiger partial charge in [-0.25, -0.2) is 4.39 Å². The number of amides is 1. The summed E-state index contributed by atoms with van der Waals surface area (Å²) in [4.78, 5) is 12.2. The number of hydrogen-bond acceptors (Lipinski definition) is 2. The molecule has 1 heterocycles. The summed E-state index contributed by atoms with van der Waals surface area (Å²) in [6.07, 6.45) is 3.63. The van der Waals surface area contributed by atoms with Crippen molar-refractivity contribution in [1.29, 1.82) is 0 Å². The molecule has 0 radical (unpaired) electrons. The number of carbonyl (C=O) groups excluding carboxylic acids is 1. The lowest BCUT2D eigenvalue weighted by Crippen LogP contribution is -2.43. The Morgan fingerprint density at radius 3 is 3.10 bits per heavy atom. The highest BCUT2D eigenvalue weighted by Crippen LogP contribution is 2.37. The highest BCUT2D eigenvalue weighted by molar-refractivity contribution is 5.82. The van der Waals surface area contributed by atoms with Gasteiger partial charge < -0.3 is 10.6 Å². The van der Waals surface area contributed by atoms with Crippen molar-refractivity contribution in [3.05, 3.63) is 35.1 Å². The van der Waals surface area contributed by atoms with Gasteiger partial charge in [0.25, 0.3) is 0 Å². The molecule has 1 saturated heterocycles. The molecular weight excluding hydrogens is 255 g/mol. The second kappa shape index (κ2) is 5.52. The van der Waals surface area contributed by atoms with Gasteiger partial charge in [-0.15, -0.1) is 0 Å². The molecule has 3 rings (SSSR count). The maximum atomic E-state index is 13.5. The molecule has 20 heavy (non-hydrogen) atoms. The summed E-state index contributed by atoms with van der Waals surface area (Å²) in [6.45, 7) is 3.09. The number of hydrogen-bond donors (Lipinski definition) is 2. The Morgan fingerprint density at radius 2 is 2.30 bits per heavy atom. The molecule has 1 aromatic carbocycles. The van der Waals surface area contributed by atoms with Crippen molar-refractivity contribution in [2.75, 3.05) is 6.54 Å². The lowest BCUT2D eigenvalue weighted by Gasteiger charge is -2.17. The molecule has 0 spiro atoms. The van der Waals surface area contributed by atoms with Gasteiger partial charge in [0.05, 0.1) is 6.04 Å². The molecule has 1 saturated carbocycles. The van der Waals surface area contributed by atoms with E-state index in [1.807, 2.05) is 6.07 Å². The van der Waals surface area contributed by atoms with Crippen LogP contribution < -0.4 is 10.6 Å². The van der Waals surface area contributed by atoms with E-state index >= 15 is 0 Å². The summed E-state index contributed by atoms with van der Waals surface area (Å²) in [6, 6.07) is 5.05. The molecule has 2 fully saturated rings. The third-order valence-corrected chi connectivity index (χ3v) is 4.73. The van der Waals surface area contributed by atoms with Crippen molar-refractivity contribution < 1.29 is 9.18 Å². The third kappa shape index (κ3) is 2.57. The summed E-state index contributed by atoms with van der Waals surface area (Å²) >= 11 is 0. The second-order valence-corrected chi connectivity index (χ2v) is 6.04. The van der Waals surface area contributed by atoms with Crippen LogP contribution in [0.3, 0.4) is 0 Å². The fourth-order valence-electron chi connectivity index (χ4n) is 3.52. The number of fused-ring (bicyclic) bond motifs is 1. The lowest BCUT2D eigenvalue weighted by molar-refractivity contribution is -0.123. The fraction of sp³-hybridized carbons (Fsp3) is 0.562. The van der Waals surface area contributed by atoms with E-state index in [-0.39, 0.29) is 17.8 Å². The van der Waals surface area contributed by atoms with Crippen LogP contribution in [0.2, 0.25) is 0 Å². The van der Waals surface area contributed by atoms with Gasteiger partial charge in [0.2, 0.25) is 5.91 Å². The Morgan fingerprint density at radius 1 is 1.45 bits per heavy atom. The zero-order chi connectivity index (χ0) is 14.1. The normalized spacial score (nSPS) is 28.4. The zero-order valence-electron chi connectivity index (χ0n) is 11.8. The monoisotopic (exact) mass is 276 g/mol. The summed E-state index contributed by atoms with van der Waals surface area (Å²) in [5.41, 5.74) is 1.44. The van der Waals surface area contributed by atoms with E-state index in [1.165, 1.54) is 18.9 Å². The molecule has 1 amide bonds. The predicted molar refractivity (Wildman–Crippen MR) is 75.6 cm³/mol. The van der Waals surface area contributed by atoms with Crippen LogP contribution in [0.15, 0.2) is 18.2 Å². The zero-order valence-corrected chi connectivity index (χ0v) is 11.8. The van der Waals surface area contributed by atoms with E-state index in [9.17, 15) is 9.18 Å². The van der Waals surface area contributed by atoms with Crippen LogP contribution in [0.25, 0.3) is 0 Å². The number of nitrogens with one attached hydrogen (secondary N) is 2. The molecule has 108 valence electrons. The van der Waals surface area contributed by atoms with Gasteiger partial charge in [0.1, 0.15) is 5.82 Å². The Balaban J connectivity index is 1.58. The molecule has 0 bridgehead atoms. The summed E-state index contributed by atoms with van der Waals surface area (Å²) in [5, 5.41) is 6.26. The molecule has 2 N–H and O–H groups in total. The summed E-state index contributed by atoms with van der Waals surface area (Å²) < 4.78 is 13.5. The molecule has 1 aliphatic heterocycles. The first kappa shape index (κ1) is 13.6. The quantitative estimate of drug-likeness (QED) is 0.888. The van der Waals surface area contributed by atoms with Crippen LogP contribution in [0.4, 0.5) is 4.39 Å². The molecule has 2 aliphatic rings. The SMILES string of the molecule is Cc1ccc(CNC(=O)C2NCC3CCCC32)cc1F. The Kier molecular flexibility index (Phi) is 3.74. The van der Waals surface area contributed by atoms with Crippen molar-refractivity contribution in [3.8, 4) is 0 Å². The van der Waals surface area contributed by atoms with Crippen molar-refractivity contribution in [1.82, 2.24) is 10.6 Å². The average Bonchev–Trinajstić information content (AvgIpc) is 3.02. The maximum Gasteiger partial charge on any atom is 0.237 e. The predicted octanol–water partition coefficient (Wildman–Crippen LogP) is 2.14. The highest BCUT2D eigenvalue weighted by Gasteiger charge is 2.42. The third-order valence-electron chi connectivity index (χ3n) is 4.73. The van der Waals surface area contributed by atoms with Crippen LogP contribution in [0.1, 0.15) is 30.4 Å². The molecule has 3 unspecified atom stereocenters. The molecular formula is C16H21FN2O. The van der Waals surface area contributed by atoms with E-state index in [0.717, 1.165) is 18.5 Å².